The van der Waals surface area contributed by atoms with Crippen LogP contribution < -0.4 is 5.32 Å². The molecule has 0 amide bonds. The molecule has 1 aliphatic carbocycles. The monoisotopic (exact) mass is 518 g/mol. The highest BCUT2D eigenvalue weighted by molar-refractivity contribution is 5.74. The molecular formula is C33H38N6. The molecule has 0 spiro atoms. The number of aromatic nitrogens is 3. The van der Waals surface area contributed by atoms with E-state index in [2.05, 4.69) is 94.7 Å². The second-order valence-corrected chi connectivity index (χ2v) is 11.4. The highest BCUT2D eigenvalue weighted by Crippen LogP contribution is 2.35. The van der Waals surface area contributed by atoms with E-state index in [4.69, 9.17) is 9.97 Å². The number of aryl methyl sites for hydroxylation is 1. The summed E-state index contributed by atoms with van der Waals surface area (Å²) in [5, 5.41) is 3.70. The first-order valence-corrected chi connectivity index (χ1v) is 14.2. The Labute approximate surface area is 231 Å². The van der Waals surface area contributed by atoms with Gasteiger partial charge in [0.15, 0.2) is 0 Å². The lowest BCUT2D eigenvalue weighted by Gasteiger charge is -2.34. The molecule has 2 aromatic carbocycles. The van der Waals surface area contributed by atoms with Crippen LogP contribution >= 0.6 is 0 Å². The second kappa shape index (κ2) is 11.2. The lowest BCUT2D eigenvalue weighted by molar-refractivity contribution is 0.153. The highest BCUT2D eigenvalue weighted by atomic mass is 15.2. The van der Waals surface area contributed by atoms with Crippen LogP contribution in [0.5, 0.6) is 0 Å². The molecular weight excluding hydrogens is 480 g/mol. The summed E-state index contributed by atoms with van der Waals surface area (Å²) >= 11 is 0. The molecule has 6 rings (SSSR count). The molecule has 6 nitrogen and oxygen atoms in total. The average Bonchev–Trinajstić information content (AvgIpc) is 3.35. The van der Waals surface area contributed by atoms with Crippen LogP contribution in [0.1, 0.15) is 67.4 Å². The smallest absolute Gasteiger partial charge is 0.121 e. The molecule has 4 aromatic rings. The Hall–Kier alpha value is -3.61. The Balaban J connectivity index is 1.21. The van der Waals surface area contributed by atoms with Crippen LogP contribution in [0, 0.1) is 5.41 Å². The summed E-state index contributed by atoms with van der Waals surface area (Å²) in [4.78, 5) is 20.3. The van der Waals surface area contributed by atoms with Crippen LogP contribution in [0.25, 0.3) is 11.0 Å². The molecule has 3 heterocycles. The molecule has 200 valence electrons. The minimum atomic E-state index is 0.119. The van der Waals surface area contributed by atoms with Crippen molar-refractivity contribution in [2.24, 2.45) is 10.4 Å². The first kappa shape index (κ1) is 25.7. The summed E-state index contributed by atoms with van der Waals surface area (Å²) in [5.74, 6) is 1.00. The van der Waals surface area contributed by atoms with Gasteiger partial charge in [-0.25, -0.2) is 4.98 Å². The zero-order chi connectivity index (χ0) is 26.7. The van der Waals surface area contributed by atoms with Gasteiger partial charge >= 0.3 is 0 Å². The van der Waals surface area contributed by atoms with Crippen molar-refractivity contribution < 1.29 is 0 Å². The van der Waals surface area contributed by atoms with E-state index in [9.17, 15) is 0 Å². The number of fused-ring (bicyclic) bond motifs is 2. The zero-order valence-corrected chi connectivity index (χ0v) is 23.0. The minimum absolute atomic E-state index is 0.119. The quantitative estimate of drug-likeness (QED) is 0.265. The van der Waals surface area contributed by atoms with Crippen LogP contribution in [-0.4, -0.2) is 32.6 Å². The molecule has 0 fully saturated rings. The Bertz CT molecular complexity index is 1470. The number of hydrogen-bond acceptors (Lipinski definition) is 5. The van der Waals surface area contributed by atoms with E-state index in [1.165, 1.54) is 28.8 Å². The number of pyridine rings is 1. The molecule has 0 bridgehead atoms. The molecule has 2 atom stereocenters. The number of nitrogens with one attached hydrogen (secondary N) is 2. The molecule has 2 aliphatic rings. The topological polar surface area (TPSA) is 69.2 Å². The van der Waals surface area contributed by atoms with Gasteiger partial charge in [-0.15, -0.1) is 0 Å². The summed E-state index contributed by atoms with van der Waals surface area (Å²) in [7, 11) is 0. The molecule has 6 heteroatoms. The normalized spacial score (nSPS) is 20.8. The van der Waals surface area contributed by atoms with E-state index in [1.54, 1.807) is 0 Å². The van der Waals surface area contributed by atoms with Gasteiger partial charge in [-0.1, -0.05) is 55.5 Å². The number of H-pyrrole nitrogens is 1. The molecule has 0 saturated heterocycles. The molecule has 2 aromatic heterocycles. The lowest BCUT2D eigenvalue weighted by Crippen LogP contribution is -2.32. The molecule has 0 saturated carbocycles. The predicted octanol–water partition coefficient (Wildman–Crippen LogP) is 6.51. The third kappa shape index (κ3) is 6.02. The zero-order valence-electron chi connectivity index (χ0n) is 23.0. The van der Waals surface area contributed by atoms with Crippen molar-refractivity contribution >= 4 is 17.2 Å². The number of imidazole rings is 1. The van der Waals surface area contributed by atoms with E-state index in [0.717, 1.165) is 68.0 Å². The van der Waals surface area contributed by atoms with Gasteiger partial charge < -0.3 is 10.3 Å². The number of benzene rings is 2. The minimum Gasteiger partial charge on any atom is -0.341 e. The number of hydrogen-bond donors (Lipinski definition) is 2. The number of rotatable bonds is 9. The van der Waals surface area contributed by atoms with E-state index < -0.39 is 0 Å². The van der Waals surface area contributed by atoms with Crippen molar-refractivity contribution in [3.8, 4) is 0 Å². The largest absolute Gasteiger partial charge is 0.341 e. The third-order valence-corrected chi connectivity index (χ3v) is 8.04. The van der Waals surface area contributed by atoms with Crippen molar-refractivity contribution in [3.63, 3.8) is 0 Å². The number of nitrogens with zero attached hydrogens (tertiary/aromatic N) is 4. The second-order valence-electron chi connectivity index (χ2n) is 11.4. The van der Waals surface area contributed by atoms with E-state index in [-0.39, 0.29) is 11.5 Å². The molecule has 1 aliphatic heterocycles. The fraction of sp³-hybridized carbons (Fsp3) is 0.364. The summed E-state index contributed by atoms with van der Waals surface area (Å²) in [5.41, 5.74) is 8.57. The van der Waals surface area contributed by atoms with Crippen LogP contribution in [0.2, 0.25) is 0 Å². The van der Waals surface area contributed by atoms with Gasteiger partial charge in [-0.3, -0.25) is 14.9 Å². The molecule has 2 unspecified atom stereocenters. The van der Waals surface area contributed by atoms with Gasteiger partial charge in [0, 0.05) is 43.2 Å². The third-order valence-electron chi connectivity index (χ3n) is 8.04. The average molecular weight is 519 g/mol. The Morgan fingerprint density at radius 2 is 1.95 bits per heavy atom. The Morgan fingerprint density at radius 3 is 2.85 bits per heavy atom. The van der Waals surface area contributed by atoms with Crippen molar-refractivity contribution in [3.05, 3.63) is 107 Å². The lowest BCUT2D eigenvalue weighted by atomic mass is 9.85. The maximum Gasteiger partial charge on any atom is 0.121 e. The number of allylic oxidation sites excluding steroid dienone is 1. The van der Waals surface area contributed by atoms with Crippen molar-refractivity contribution in [1.82, 2.24) is 25.2 Å². The van der Waals surface area contributed by atoms with E-state index in [1.807, 2.05) is 18.5 Å². The number of aromatic amines is 1. The van der Waals surface area contributed by atoms with Gasteiger partial charge in [0.05, 0.1) is 29.3 Å². The SMILES string of the molecule is CC1=CC(C)(CNCc2cccc(CN(Cc3nc4ccccc4[nH]3)C3CCCc4cccnc43)c2)CC=N1. The van der Waals surface area contributed by atoms with Crippen molar-refractivity contribution in [1.29, 1.82) is 0 Å². The molecule has 39 heavy (non-hydrogen) atoms. The first-order valence-electron chi connectivity index (χ1n) is 14.2. The number of aliphatic imine (C=N–C) groups is 1. The van der Waals surface area contributed by atoms with Crippen molar-refractivity contribution in [2.45, 2.75) is 65.2 Å². The highest BCUT2D eigenvalue weighted by Gasteiger charge is 2.28. The fourth-order valence-electron chi connectivity index (χ4n) is 6.18. The van der Waals surface area contributed by atoms with Gasteiger partial charge in [0.1, 0.15) is 5.82 Å². The summed E-state index contributed by atoms with van der Waals surface area (Å²) in [6.45, 7) is 7.77. The van der Waals surface area contributed by atoms with Gasteiger partial charge in [-0.05, 0) is 67.5 Å². The first-order chi connectivity index (χ1) is 19.0. The molecule has 0 radical (unpaired) electrons. The van der Waals surface area contributed by atoms with Gasteiger partial charge in [-0.2, -0.15) is 0 Å². The van der Waals surface area contributed by atoms with Gasteiger partial charge in [0.25, 0.3) is 0 Å². The fourth-order valence-corrected chi connectivity index (χ4v) is 6.18. The summed E-state index contributed by atoms with van der Waals surface area (Å²) in [6.07, 6.45) is 10.7. The van der Waals surface area contributed by atoms with E-state index >= 15 is 0 Å². The number of para-hydroxylation sites is 2. The molecule has 2 N–H and O–H groups in total. The van der Waals surface area contributed by atoms with Crippen LogP contribution in [0.3, 0.4) is 0 Å². The van der Waals surface area contributed by atoms with E-state index in [0.29, 0.717) is 0 Å². The maximum atomic E-state index is 4.92. The van der Waals surface area contributed by atoms with Crippen LogP contribution in [-0.2, 0) is 26.1 Å². The maximum absolute atomic E-state index is 4.92. The summed E-state index contributed by atoms with van der Waals surface area (Å²) < 4.78 is 0. The van der Waals surface area contributed by atoms with Gasteiger partial charge in [0.2, 0.25) is 0 Å². The summed E-state index contributed by atoms with van der Waals surface area (Å²) in [6, 6.07) is 21.9. The standard InChI is InChI=1S/C33H38N6/c1-24-19-33(2,15-17-35-24)23-34-20-25-8-5-9-26(18-25)21-39(22-31-37-28-12-3-4-13-29(28)38-31)30-14-6-10-27-11-7-16-36-32(27)30/h3-5,7-9,11-13,16-19,30,34H,6,10,14-15,20-23H2,1-2H3,(H,37,38). The van der Waals surface area contributed by atoms with Crippen LogP contribution in [0.15, 0.2) is 83.6 Å². The Morgan fingerprint density at radius 1 is 1.05 bits per heavy atom. The van der Waals surface area contributed by atoms with Crippen LogP contribution in [0.4, 0.5) is 0 Å². The predicted molar refractivity (Wildman–Crippen MR) is 158 cm³/mol. The Kier molecular flexibility index (Phi) is 7.40. The van der Waals surface area contributed by atoms with Crippen molar-refractivity contribution in [2.75, 3.05) is 6.54 Å².